The minimum absolute atomic E-state index is 0.0973. The predicted octanol–water partition coefficient (Wildman–Crippen LogP) is 3.73. The van der Waals surface area contributed by atoms with Gasteiger partial charge in [-0.25, -0.2) is 0 Å². The van der Waals surface area contributed by atoms with Crippen LogP contribution in [0.25, 0.3) is 11.0 Å². The Morgan fingerprint density at radius 1 is 1.40 bits per heavy atom. The van der Waals surface area contributed by atoms with Gasteiger partial charge in [0.25, 0.3) is 0 Å². The van der Waals surface area contributed by atoms with Crippen LogP contribution in [0.5, 0.6) is 0 Å². The molecule has 1 N–H and O–H groups in total. The standard InChI is InChI=1S/C13H14ClN5S/c1-3-19-7-9(6-15-19)8(2)16-12-10(14)4-5-11-13(12)18-20-17-11/h4-8,16H,3H2,1-2H3. The van der Waals surface area contributed by atoms with Crippen molar-refractivity contribution in [2.75, 3.05) is 5.32 Å². The third kappa shape index (κ3) is 2.36. The van der Waals surface area contributed by atoms with Gasteiger partial charge in [-0.3, -0.25) is 4.68 Å². The van der Waals surface area contributed by atoms with E-state index < -0.39 is 0 Å². The number of hydrogen-bond donors (Lipinski definition) is 1. The monoisotopic (exact) mass is 307 g/mol. The quantitative estimate of drug-likeness (QED) is 0.798. The van der Waals surface area contributed by atoms with E-state index in [1.54, 1.807) is 0 Å². The smallest absolute Gasteiger partial charge is 0.129 e. The summed E-state index contributed by atoms with van der Waals surface area (Å²) in [6.07, 6.45) is 3.90. The Balaban J connectivity index is 1.92. The number of nitrogens with zero attached hydrogens (tertiary/aromatic N) is 4. The molecule has 3 rings (SSSR count). The van der Waals surface area contributed by atoms with Crippen molar-refractivity contribution in [2.24, 2.45) is 0 Å². The lowest BCUT2D eigenvalue weighted by Gasteiger charge is -2.15. The Hall–Kier alpha value is -1.66. The van der Waals surface area contributed by atoms with Gasteiger partial charge in [-0.05, 0) is 26.0 Å². The van der Waals surface area contributed by atoms with E-state index in [2.05, 4.69) is 33.0 Å². The minimum Gasteiger partial charge on any atom is -0.375 e. The van der Waals surface area contributed by atoms with E-state index >= 15 is 0 Å². The minimum atomic E-state index is 0.0973. The van der Waals surface area contributed by atoms with Crippen LogP contribution in [0.1, 0.15) is 25.5 Å². The number of hydrogen-bond acceptors (Lipinski definition) is 5. The second kappa shape index (κ2) is 5.38. The molecule has 20 heavy (non-hydrogen) atoms. The lowest BCUT2D eigenvalue weighted by atomic mass is 10.1. The highest BCUT2D eigenvalue weighted by Gasteiger charge is 2.14. The molecule has 0 aliphatic rings. The van der Waals surface area contributed by atoms with Crippen LogP contribution < -0.4 is 5.32 Å². The molecule has 0 bridgehead atoms. The Morgan fingerprint density at radius 3 is 3.00 bits per heavy atom. The van der Waals surface area contributed by atoms with Crippen LogP contribution in [0.2, 0.25) is 5.02 Å². The molecule has 2 aromatic heterocycles. The maximum Gasteiger partial charge on any atom is 0.129 e. The average molecular weight is 308 g/mol. The number of anilines is 1. The molecule has 1 aromatic carbocycles. The maximum absolute atomic E-state index is 6.28. The molecule has 104 valence electrons. The summed E-state index contributed by atoms with van der Waals surface area (Å²) in [5.41, 5.74) is 3.62. The molecule has 5 nitrogen and oxygen atoms in total. The molecule has 1 unspecified atom stereocenters. The molecule has 1 atom stereocenters. The molecule has 2 heterocycles. The van der Waals surface area contributed by atoms with E-state index in [-0.39, 0.29) is 6.04 Å². The molecule has 0 spiro atoms. The van der Waals surface area contributed by atoms with E-state index in [9.17, 15) is 0 Å². The summed E-state index contributed by atoms with van der Waals surface area (Å²) in [7, 11) is 0. The van der Waals surface area contributed by atoms with Crippen LogP contribution in [0.3, 0.4) is 0 Å². The van der Waals surface area contributed by atoms with Gasteiger partial charge in [0.1, 0.15) is 11.0 Å². The molecule has 3 aromatic rings. The Bertz CT molecular complexity index is 735. The SMILES string of the molecule is CCn1cc(C(C)Nc2c(Cl)ccc3nsnc23)cn1. The van der Waals surface area contributed by atoms with E-state index in [1.807, 2.05) is 29.2 Å². The molecular weight excluding hydrogens is 294 g/mol. The second-order valence-corrected chi connectivity index (χ2v) is 5.49. The van der Waals surface area contributed by atoms with Gasteiger partial charge in [0.2, 0.25) is 0 Å². The Kier molecular flexibility index (Phi) is 3.58. The van der Waals surface area contributed by atoms with Crippen molar-refractivity contribution in [1.82, 2.24) is 18.5 Å². The largest absolute Gasteiger partial charge is 0.375 e. The van der Waals surface area contributed by atoms with Crippen molar-refractivity contribution in [1.29, 1.82) is 0 Å². The zero-order chi connectivity index (χ0) is 14.1. The second-order valence-electron chi connectivity index (χ2n) is 4.55. The van der Waals surface area contributed by atoms with Crippen molar-refractivity contribution in [3.63, 3.8) is 0 Å². The number of halogens is 1. The topological polar surface area (TPSA) is 55.6 Å². The molecule has 0 fully saturated rings. The van der Waals surface area contributed by atoms with Gasteiger partial charge in [0.15, 0.2) is 0 Å². The highest BCUT2D eigenvalue weighted by molar-refractivity contribution is 7.00. The van der Waals surface area contributed by atoms with Crippen LogP contribution in [0, 0.1) is 0 Å². The molecule has 0 radical (unpaired) electrons. The number of nitrogens with one attached hydrogen (secondary N) is 1. The van der Waals surface area contributed by atoms with Crippen LogP contribution in [0.15, 0.2) is 24.5 Å². The Morgan fingerprint density at radius 2 is 2.25 bits per heavy atom. The van der Waals surface area contributed by atoms with E-state index in [0.717, 1.165) is 28.8 Å². The molecule has 0 aliphatic heterocycles. The first-order valence-electron chi connectivity index (χ1n) is 6.38. The molecule has 0 aliphatic carbocycles. The lowest BCUT2D eigenvalue weighted by molar-refractivity contribution is 0.658. The van der Waals surface area contributed by atoms with Gasteiger partial charge in [-0.2, -0.15) is 13.8 Å². The van der Waals surface area contributed by atoms with Gasteiger partial charge in [-0.15, -0.1) is 0 Å². The Labute approximate surface area is 125 Å². The van der Waals surface area contributed by atoms with Crippen LogP contribution in [0.4, 0.5) is 5.69 Å². The summed E-state index contributed by atoms with van der Waals surface area (Å²) in [6, 6.07) is 3.82. The lowest BCUT2D eigenvalue weighted by Crippen LogP contribution is -2.07. The maximum atomic E-state index is 6.28. The van der Waals surface area contributed by atoms with Gasteiger partial charge < -0.3 is 5.32 Å². The summed E-state index contributed by atoms with van der Waals surface area (Å²) in [5.74, 6) is 0. The number of fused-ring (bicyclic) bond motifs is 1. The van der Waals surface area contributed by atoms with Gasteiger partial charge >= 0.3 is 0 Å². The van der Waals surface area contributed by atoms with Crippen molar-refractivity contribution in [2.45, 2.75) is 26.4 Å². The van der Waals surface area contributed by atoms with Gasteiger partial charge in [0.05, 0.1) is 34.7 Å². The first-order chi connectivity index (χ1) is 9.69. The number of benzene rings is 1. The molecule has 0 saturated heterocycles. The summed E-state index contributed by atoms with van der Waals surface area (Å²) in [6.45, 7) is 5.00. The third-order valence-corrected chi connectivity index (χ3v) is 4.07. The fourth-order valence-electron chi connectivity index (χ4n) is 2.04. The van der Waals surface area contributed by atoms with E-state index in [0.29, 0.717) is 5.02 Å². The molecule has 0 amide bonds. The summed E-state index contributed by atoms with van der Waals surface area (Å²) < 4.78 is 10.4. The van der Waals surface area contributed by atoms with Crippen molar-refractivity contribution < 1.29 is 0 Å². The number of aryl methyl sites for hydroxylation is 1. The van der Waals surface area contributed by atoms with Gasteiger partial charge in [0, 0.05) is 18.3 Å². The van der Waals surface area contributed by atoms with Crippen LogP contribution >= 0.6 is 23.3 Å². The van der Waals surface area contributed by atoms with E-state index in [1.165, 1.54) is 11.7 Å². The molecule has 7 heteroatoms. The third-order valence-electron chi connectivity index (χ3n) is 3.22. The van der Waals surface area contributed by atoms with Crippen LogP contribution in [-0.4, -0.2) is 18.5 Å². The van der Waals surface area contributed by atoms with Crippen LogP contribution in [-0.2, 0) is 6.54 Å². The fourth-order valence-corrected chi connectivity index (χ4v) is 2.79. The molecule has 0 saturated carbocycles. The van der Waals surface area contributed by atoms with E-state index in [4.69, 9.17) is 11.6 Å². The highest BCUT2D eigenvalue weighted by Crippen LogP contribution is 2.32. The first kappa shape index (κ1) is 13.3. The summed E-state index contributed by atoms with van der Waals surface area (Å²) >= 11 is 7.47. The number of rotatable bonds is 4. The molecular formula is C13H14ClN5S. The number of aromatic nitrogens is 4. The zero-order valence-electron chi connectivity index (χ0n) is 11.2. The first-order valence-corrected chi connectivity index (χ1v) is 7.49. The van der Waals surface area contributed by atoms with Crippen molar-refractivity contribution in [3.8, 4) is 0 Å². The average Bonchev–Trinajstić information content (AvgIpc) is 3.09. The fraction of sp³-hybridized carbons (Fsp3) is 0.308. The highest BCUT2D eigenvalue weighted by atomic mass is 35.5. The normalized spacial score (nSPS) is 12.8. The van der Waals surface area contributed by atoms with Crippen molar-refractivity contribution >= 4 is 40.0 Å². The zero-order valence-corrected chi connectivity index (χ0v) is 12.7. The van der Waals surface area contributed by atoms with Gasteiger partial charge in [-0.1, -0.05) is 11.6 Å². The predicted molar refractivity (Wildman–Crippen MR) is 82.4 cm³/mol. The van der Waals surface area contributed by atoms with Crippen molar-refractivity contribution in [3.05, 3.63) is 35.1 Å². The summed E-state index contributed by atoms with van der Waals surface area (Å²) in [5, 5.41) is 8.35. The summed E-state index contributed by atoms with van der Waals surface area (Å²) in [4.78, 5) is 0.